The van der Waals surface area contributed by atoms with E-state index in [-0.39, 0.29) is 18.8 Å². The molecule has 0 radical (unpaired) electrons. The predicted molar refractivity (Wildman–Crippen MR) is 67.3 cm³/mol. The summed E-state index contributed by atoms with van der Waals surface area (Å²) < 4.78 is 30.2. The van der Waals surface area contributed by atoms with Crippen molar-refractivity contribution in [2.45, 2.75) is 13.3 Å². The number of nitrogens with zero attached hydrogens (tertiary/aromatic N) is 1. The van der Waals surface area contributed by atoms with E-state index in [9.17, 15) is 13.2 Å². The minimum Gasteiger partial charge on any atom is -0.466 e. The van der Waals surface area contributed by atoms with Crippen LogP contribution in [0.2, 0.25) is 0 Å². The Hall–Kier alpha value is -1.83. The normalized spacial score (nSPS) is 10.9. The number of hydrogen-bond acceptors (Lipinski definition) is 6. The highest BCUT2D eigenvalue weighted by Crippen LogP contribution is 2.09. The first-order chi connectivity index (χ1) is 8.43. The SMILES string of the molecule is CCOC(=O)CCS(=O)(=O)Nc1ccc(N)nc1. The zero-order valence-corrected chi connectivity index (χ0v) is 10.7. The lowest BCUT2D eigenvalue weighted by Crippen LogP contribution is -2.20. The number of carbonyl (C=O) groups excluding carboxylic acids is 1. The highest BCUT2D eigenvalue weighted by molar-refractivity contribution is 7.92. The summed E-state index contributed by atoms with van der Waals surface area (Å²) in [6.07, 6.45) is 1.11. The molecule has 1 rings (SSSR count). The number of ether oxygens (including phenoxy) is 1. The monoisotopic (exact) mass is 273 g/mol. The van der Waals surface area contributed by atoms with E-state index in [0.29, 0.717) is 11.5 Å². The molecule has 1 aromatic rings. The van der Waals surface area contributed by atoms with Gasteiger partial charge in [0.1, 0.15) is 5.82 Å². The number of carbonyl (C=O) groups is 1. The van der Waals surface area contributed by atoms with Crippen molar-refractivity contribution < 1.29 is 17.9 Å². The molecule has 0 saturated heterocycles. The van der Waals surface area contributed by atoms with E-state index in [1.165, 1.54) is 18.3 Å². The molecule has 18 heavy (non-hydrogen) atoms. The molecule has 0 bridgehead atoms. The summed E-state index contributed by atoms with van der Waals surface area (Å²) in [6.45, 7) is 1.89. The number of rotatable bonds is 6. The first kappa shape index (κ1) is 14.2. The number of pyridine rings is 1. The molecule has 0 aliphatic rings. The van der Waals surface area contributed by atoms with Gasteiger partial charge in [-0.2, -0.15) is 0 Å². The summed E-state index contributed by atoms with van der Waals surface area (Å²) in [4.78, 5) is 14.8. The molecule has 7 nitrogen and oxygen atoms in total. The van der Waals surface area contributed by atoms with Crippen LogP contribution in [0.4, 0.5) is 11.5 Å². The van der Waals surface area contributed by atoms with Crippen LogP contribution in [0.1, 0.15) is 13.3 Å². The fraction of sp³-hybridized carbons (Fsp3) is 0.400. The Kier molecular flexibility index (Phi) is 4.90. The van der Waals surface area contributed by atoms with E-state index in [4.69, 9.17) is 5.73 Å². The van der Waals surface area contributed by atoms with Gasteiger partial charge in [0, 0.05) is 0 Å². The molecule has 0 spiro atoms. The maximum atomic E-state index is 11.6. The first-order valence-electron chi connectivity index (χ1n) is 5.30. The minimum atomic E-state index is -3.59. The molecule has 0 unspecified atom stereocenters. The summed E-state index contributed by atoms with van der Waals surface area (Å²) in [5.41, 5.74) is 5.67. The van der Waals surface area contributed by atoms with E-state index < -0.39 is 16.0 Å². The Morgan fingerprint density at radius 3 is 2.78 bits per heavy atom. The quantitative estimate of drug-likeness (QED) is 0.724. The van der Waals surface area contributed by atoms with Crippen LogP contribution in [0, 0.1) is 0 Å². The van der Waals surface area contributed by atoms with Gasteiger partial charge in [0.05, 0.1) is 30.7 Å². The molecular formula is C10H15N3O4S. The molecule has 1 heterocycles. The molecule has 0 aromatic carbocycles. The molecule has 0 aliphatic heterocycles. The largest absolute Gasteiger partial charge is 0.466 e. The fourth-order valence-corrected chi connectivity index (χ4v) is 2.16. The van der Waals surface area contributed by atoms with Crippen molar-refractivity contribution >= 4 is 27.5 Å². The van der Waals surface area contributed by atoms with Crippen LogP contribution in [0.3, 0.4) is 0 Å². The Bertz CT molecular complexity index is 498. The third kappa shape index (κ3) is 5.00. The third-order valence-corrected chi connectivity index (χ3v) is 3.23. The van der Waals surface area contributed by atoms with Crippen molar-refractivity contribution in [3.8, 4) is 0 Å². The summed E-state index contributed by atoms with van der Waals surface area (Å²) in [5.74, 6) is -0.585. The predicted octanol–water partition coefficient (Wildman–Crippen LogP) is 0.359. The average Bonchev–Trinajstić information content (AvgIpc) is 2.30. The highest BCUT2D eigenvalue weighted by atomic mass is 32.2. The van der Waals surface area contributed by atoms with Gasteiger partial charge in [-0.1, -0.05) is 0 Å². The van der Waals surface area contributed by atoms with Crippen LogP contribution in [0.25, 0.3) is 0 Å². The standard InChI is InChI=1S/C10H15N3O4S/c1-2-17-10(14)5-6-18(15,16)13-8-3-4-9(11)12-7-8/h3-4,7,13H,2,5-6H2,1H3,(H2,11,12). The van der Waals surface area contributed by atoms with Crippen LogP contribution in [0.15, 0.2) is 18.3 Å². The van der Waals surface area contributed by atoms with Crippen molar-refractivity contribution in [2.24, 2.45) is 0 Å². The van der Waals surface area contributed by atoms with Crippen LogP contribution in [-0.4, -0.2) is 31.7 Å². The van der Waals surface area contributed by atoms with Gasteiger partial charge in [-0.05, 0) is 19.1 Å². The Morgan fingerprint density at radius 2 is 2.22 bits per heavy atom. The van der Waals surface area contributed by atoms with Gasteiger partial charge in [0.25, 0.3) is 0 Å². The van der Waals surface area contributed by atoms with Crippen LogP contribution in [0.5, 0.6) is 0 Å². The van der Waals surface area contributed by atoms with Gasteiger partial charge in [0.15, 0.2) is 0 Å². The van der Waals surface area contributed by atoms with Crippen LogP contribution < -0.4 is 10.5 Å². The topological polar surface area (TPSA) is 111 Å². The molecule has 0 atom stereocenters. The molecule has 3 N–H and O–H groups in total. The number of nitrogens with two attached hydrogens (primary N) is 1. The lowest BCUT2D eigenvalue weighted by Gasteiger charge is -2.07. The maximum absolute atomic E-state index is 11.6. The zero-order valence-electron chi connectivity index (χ0n) is 9.92. The Labute approximate surface area is 105 Å². The maximum Gasteiger partial charge on any atom is 0.306 e. The summed E-state index contributed by atoms with van der Waals surface area (Å²) in [6, 6.07) is 2.97. The highest BCUT2D eigenvalue weighted by Gasteiger charge is 2.14. The van der Waals surface area contributed by atoms with Gasteiger partial charge < -0.3 is 10.5 Å². The van der Waals surface area contributed by atoms with E-state index in [1.807, 2.05) is 0 Å². The van der Waals surface area contributed by atoms with Gasteiger partial charge in [0.2, 0.25) is 10.0 Å². The Morgan fingerprint density at radius 1 is 1.50 bits per heavy atom. The average molecular weight is 273 g/mol. The number of hydrogen-bond donors (Lipinski definition) is 2. The van der Waals surface area contributed by atoms with Gasteiger partial charge >= 0.3 is 5.97 Å². The van der Waals surface area contributed by atoms with Crippen molar-refractivity contribution in [3.63, 3.8) is 0 Å². The van der Waals surface area contributed by atoms with Gasteiger partial charge in [-0.25, -0.2) is 13.4 Å². The number of sulfonamides is 1. The first-order valence-corrected chi connectivity index (χ1v) is 6.96. The molecule has 8 heteroatoms. The fourth-order valence-electron chi connectivity index (χ4n) is 1.15. The lowest BCUT2D eigenvalue weighted by molar-refractivity contribution is -0.142. The smallest absolute Gasteiger partial charge is 0.306 e. The molecule has 100 valence electrons. The van der Waals surface area contributed by atoms with Gasteiger partial charge in [-0.15, -0.1) is 0 Å². The second kappa shape index (κ2) is 6.20. The number of nitrogen functional groups attached to an aromatic ring is 1. The molecule has 1 aromatic heterocycles. The van der Waals surface area contributed by atoms with E-state index in [1.54, 1.807) is 6.92 Å². The van der Waals surface area contributed by atoms with Crippen molar-refractivity contribution in [3.05, 3.63) is 18.3 Å². The van der Waals surface area contributed by atoms with Crippen LogP contribution in [-0.2, 0) is 19.6 Å². The van der Waals surface area contributed by atoms with Gasteiger partial charge in [-0.3, -0.25) is 9.52 Å². The van der Waals surface area contributed by atoms with Crippen molar-refractivity contribution in [2.75, 3.05) is 22.8 Å². The second-order valence-corrected chi connectivity index (χ2v) is 5.29. The minimum absolute atomic E-state index is 0.189. The van der Waals surface area contributed by atoms with E-state index >= 15 is 0 Å². The van der Waals surface area contributed by atoms with E-state index in [0.717, 1.165) is 0 Å². The lowest BCUT2D eigenvalue weighted by atomic mass is 10.4. The van der Waals surface area contributed by atoms with Crippen molar-refractivity contribution in [1.82, 2.24) is 4.98 Å². The number of anilines is 2. The number of nitrogens with one attached hydrogen (secondary N) is 1. The Balaban J connectivity index is 2.54. The summed E-state index contributed by atoms with van der Waals surface area (Å²) in [7, 11) is -3.59. The molecule has 0 fully saturated rings. The molecule has 0 saturated carbocycles. The van der Waals surface area contributed by atoms with E-state index in [2.05, 4.69) is 14.4 Å². The number of esters is 1. The zero-order chi connectivity index (χ0) is 13.6. The molecular weight excluding hydrogens is 258 g/mol. The second-order valence-electron chi connectivity index (χ2n) is 3.45. The number of aromatic nitrogens is 1. The summed E-state index contributed by atoms with van der Waals surface area (Å²) in [5, 5.41) is 0. The van der Waals surface area contributed by atoms with Crippen molar-refractivity contribution in [1.29, 1.82) is 0 Å². The molecule has 0 amide bonds. The molecule has 0 aliphatic carbocycles. The third-order valence-electron chi connectivity index (χ3n) is 1.94. The summed E-state index contributed by atoms with van der Waals surface area (Å²) >= 11 is 0. The van der Waals surface area contributed by atoms with Crippen LogP contribution >= 0.6 is 0 Å².